The maximum Gasteiger partial charge on any atom is 0.226 e. The number of rotatable bonds is 6. The molecule has 0 spiro atoms. The van der Waals surface area contributed by atoms with Crippen LogP contribution in [0.3, 0.4) is 0 Å². The second-order valence-corrected chi connectivity index (χ2v) is 12.0. The summed E-state index contributed by atoms with van der Waals surface area (Å²) in [6.07, 6.45) is 6.34. The summed E-state index contributed by atoms with van der Waals surface area (Å²) in [5, 5.41) is 0. The van der Waals surface area contributed by atoms with Gasteiger partial charge in [-0.25, -0.2) is 8.42 Å². The molecular weight excluding hydrogens is 396 g/mol. The molecule has 1 saturated heterocycles. The van der Waals surface area contributed by atoms with Gasteiger partial charge >= 0.3 is 0 Å². The van der Waals surface area contributed by atoms with Crippen LogP contribution in [0.5, 0.6) is 0 Å². The molecule has 1 fully saturated rings. The van der Waals surface area contributed by atoms with Gasteiger partial charge in [0.05, 0.1) is 16.9 Å². The molecule has 5 nitrogen and oxygen atoms in total. The summed E-state index contributed by atoms with van der Waals surface area (Å²) in [5.41, 5.74) is 3.43. The standard InChI is InChI=1S/C24H32N2O3S/c1-24(2,3)30(28,29)18-22-10-14-26(15-11-22)23(27)17-20-6-4-19(5-7-20)16-21-8-12-25-13-9-21/h4-9,12-13,22H,10-11,14-18H2,1-3H3. The average molecular weight is 429 g/mol. The zero-order chi connectivity index (χ0) is 21.8. The van der Waals surface area contributed by atoms with E-state index in [2.05, 4.69) is 17.1 Å². The summed E-state index contributed by atoms with van der Waals surface area (Å²) in [5.74, 6) is 0.483. The quantitative estimate of drug-likeness (QED) is 0.704. The number of sulfone groups is 1. The van der Waals surface area contributed by atoms with Crippen LogP contribution in [0.1, 0.15) is 50.3 Å². The van der Waals surface area contributed by atoms with Gasteiger partial charge in [0.2, 0.25) is 5.91 Å². The number of hydrogen-bond donors (Lipinski definition) is 0. The van der Waals surface area contributed by atoms with Crippen LogP contribution in [0.25, 0.3) is 0 Å². The first kappa shape index (κ1) is 22.5. The number of carbonyl (C=O) groups is 1. The van der Waals surface area contributed by atoms with Gasteiger partial charge in [0, 0.05) is 25.5 Å². The summed E-state index contributed by atoms with van der Waals surface area (Å²) in [7, 11) is -3.12. The van der Waals surface area contributed by atoms with Crippen molar-refractivity contribution in [1.29, 1.82) is 0 Å². The van der Waals surface area contributed by atoms with Crippen molar-refractivity contribution >= 4 is 15.7 Å². The summed E-state index contributed by atoms with van der Waals surface area (Å²) >= 11 is 0. The van der Waals surface area contributed by atoms with Gasteiger partial charge in [-0.15, -0.1) is 0 Å². The minimum absolute atomic E-state index is 0.119. The van der Waals surface area contributed by atoms with Gasteiger partial charge in [-0.3, -0.25) is 9.78 Å². The van der Waals surface area contributed by atoms with E-state index in [1.165, 1.54) is 11.1 Å². The minimum atomic E-state index is -3.12. The molecule has 3 rings (SSSR count). The molecule has 0 N–H and O–H groups in total. The second kappa shape index (κ2) is 9.29. The molecule has 1 aliphatic rings. The molecule has 0 aliphatic carbocycles. The minimum Gasteiger partial charge on any atom is -0.342 e. The fourth-order valence-corrected chi connectivity index (χ4v) is 5.16. The van der Waals surface area contributed by atoms with E-state index in [0.29, 0.717) is 19.5 Å². The maximum atomic E-state index is 12.7. The van der Waals surface area contributed by atoms with Gasteiger partial charge in [0.15, 0.2) is 9.84 Å². The fourth-order valence-electron chi connectivity index (χ4n) is 3.71. The number of likely N-dealkylation sites (tertiary alicyclic amines) is 1. The van der Waals surface area contributed by atoms with Gasteiger partial charge < -0.3 is 4.90 Å². The molecule has 0 atom stereocenters. The number of hydrogen-bond acceptors (Lipinski definition) is 4. The van der Waals surface area contributed by atoms with Gasteiger partial charge in [0.25, 0.3) is 0 Å². The molecule has 0 unspecified atom stereocenters. The molecule has 2 heterocycles. The number of carbonyl (C=O) groups excluding carboxylic acids is 1. The van der Waals surface area contributed by atoms with Crippen LogP contribution in [0.15, 0.2) is 48.8 Å². The first-order valence-electron chi connectivity index (χ1n) is 10.6. The van der Waals surface area contributed by atoms with Gasteiger partial charge in [0.1, 0.15) is 0 Å². The lowest BCUT2D eigenvalue weighted by atomic mass is 9.98. The van der Waals surface area contributed by atoms with Crippen molar-refractivity contribution in [2.75, 3.05) is 18.8 Å². The molecule has 0 bridgehead atoms. The highest BCUT2D eigenvalue weighted by Crippen LogP contribution is 2.25. The Hall–Kier alpha value is -2.21. The van der Waals surface area contributed by atoms with Crippen LogP contribution in [0.2, 0.25) is 0 Å². The Balaban J connectivity index is 1.49. The molecule has 0 saturated carbocycles. The lowest BCUT2D eigenvalue weighted by molar-refractivity contribution is -0.131. The van der Waals surface area contributed by atoms with Gasteiger partial charge in [-0.05, 0) is 74.8 Å². The molecule has 30 heavy (non-hydrogen) atoms. The van der Waals surface area contributed by atoms with Crippen LogP contribution in [-0.4, -0.2) is 47.8 Å². The first-order valence-corrected chi connectivity index (χ1v) is 12.3. The van der Waals surface area contributed by atoms with E-state index in [0.717, 1.165) is 24.8 Å². The third-order valence-corrected chi connectivity index (χ3v) is 8.67. The normalized spacial score (nSPS) is 15.9. The second-order valence-electron chi connectivity index (χ2n) is 9.24. The highest BCUT2D eigenvalue weighted by atomic mass is 32.2. The van der Waals surface area contributed by atoms with Crippen LogP contribution >= 0.6 is 0 Å². The predicted molar refractivity (Wildman–Crippen MR) is 120 cm³/mol. The lowest BCUT2D eigenvalue weighted by Crippen LogP contribution is -2.42. The van der Waals surface area contributed by atoms with Crippen molar-refractivity contribution in [2.45, 2.75) is 51.2 Å². The number of pyridine rings is 1. The van der Waals surface area contributed by atoms with Crippen LogP contribution in [-0.2, 0) is 27.5 Å². The number of amides is 1. The Labute approximate surface area is 180 Å². The van der Waals surface area contributed by atoms with Crippen molar-refractivity contribution in [1.82, 2.24) is 9.88 Å². The summed E-state index contributed by atoms with van der Waals surface area (Å²) < 4.78 is 24.2. The fraction of sp³-hybridized carbons (Fsp3) is 0.500. The summed E-state index contributed by atoms with van der Waals surface area (Å²) in [6.45, 7) is 6.54. The number of piperidine rings is 1. The zero-order valence-corrected chi connectivity index (χ0v) is 19.0. The Kier molecular flexibility index (Phi) is 6.96. The summed E-state index contributed by atoms with van der Waals surface area (Å²) in [4.78, 5) is 18.6. The summed E-state index contributed by atoms with van der Waals surface area (Å²) in [6, 6.07) is 12.2. The van der Waals surface area contributed by atoms with Crippen LogP contribution in [0.4, 0.5) is 0 Å². The van der Waals surface area contributed by atoms with Crippen molar-refractivity contribution < 1.29 is 13.2 Å². The van der Waals surface area contributed by atoms with Gasteiger partial charge in [-0.2, -0.15) is 0 Å². The molecule has 1 aromatic carbocycles. The van der Waals surface area contributed by atoms with E-state index in [1.807, 2.05) is 29.2 Å². The molecule has 6 heteroatoms. The van der Waals surface area contributed by atoms with E-state index in [-0.39, 0.29) is 17.6 Å². The Bertz CT molecular complexity index is 940. The van der Waals surface area contributed by atoms with Crippen molar-refractivity contribution in [3.05, 3.63) is 65.5 Å². The molecule has 162 valence electrons. The molecule has 1 amide bonds. The Morgan fingerprint density at radius 2 is 1.50 bits per heavy atom. The van der Waals surface area contributed by atoms with Crippen LogP contribution < -0.4 is 0 Å². The number of aromatic nitrogens is 1. The highest BCUT2D eigenvalue weighted by molar-refractivity contribution is 7.92. The Morgan fingerprint density at radius 3 is 2.07 bits per heavy atom. The van der Waals surface area contributed by atoms with Crippen LogP contribution in [0, 0.1) is 5.92 Å². The van der Waals surface area contributed by atoms with Gasteiger partial charge in [-0.1, -0.05) is 24.3 Å². The first-order chi connectivity index (χ1) is 14.1. The lowest BCUT2D eigenvalue weighted by Gasteiger charge is -2.33. The van der Waals surface area contributed by atoms with E-state index < -0.39 is 14.6 Å². The third-order valence-electron chi connectivity index (χ3n) is 5.89. The van der Waals surface area contributed by atoms with E-state index in [9.17, 15) is 13.2 Å². The smallest absolute Gasteiger partial charge is 0.226 e. The molecule has 0 radical (unpaired) electrons. The maximum absolute atomic E-state index is 12.7. The number of nitrogens with zero attached hydrogens (tertiary/aromatic N) is 2. The Morgan fingerprint density at radius 1 is 0.967 bits per heavy atom. The molecule has 1 aromatic heterocycles. The molecular formula is C24H32N2O3S. The third kappa shape index (κ3) is 5.91. The van der Waals surface area contributed by atoms with Crippen molar-refractivity contribution in [3.63, 3.8) is 0 Å². The van der Waals surface area contributed by atoms with E-state index in [4.69, 9.17) is 0 Å². The van der Waals surface area contributed by atoms with Crippen molar-refractivity contribution in [3.8, 4) is 0 Å². The van der Waals surface area contributed by atoms with E-state index >= 15 is 0 Å². The topological polar surface area (TPSA) is 67.3 Å². The largest absolute Gasteiger partial charge is 0.342 e. The van der Waals surface area contributed by atoms with E-state index in [1.54, 1.807) is 33.2 Å². The molecule has 1 aliphatic heterocycles. The van der Waals surface area contributed by atoms with Crippen molar-refractivity contribution in [2.24, 2.45) is 5.92 Å². The zero-order valence-electron chi connectivity index (χ0n) is 18.2. The molecule has 2 aromatic rings. The number of benzene rings is 1. The monoisotopic (exact) mass is 428 g/mol. The predicted octanol–water partition coefficient (Wildman–Crippen LogP) is 3.67. The average Bonchev–Trinajstić information content (AvgIpc) is 2.70. The SMILES string of the molecule is CC(C)(C)S(=O)(=O)CC1CCN(C(=O)Cc2ccc(Cc3ccncc3)cc2)CC1. The highest BCUT2D eigenvalue weighted by Gasteiger charge is 2.33.